The van der Waals surface area contributed by atoms with E-state index in [1.54, 1.807) is 16.0 Å². The molecule has 0 aliphatic rings. The van der Waals surface area contributed by atoms with Gasteiger partial charge in [-0.05, 0) is 25.3 Å². The standard InChI is InChI=1S/C15H16N4OS2/c1-9-11(10(2)19(3)18-9)7-14(20)17-15-16-12(8-22-15)13-5-4-6-21-13/h4-6,8H,7H2,1-3H3,(H,16,17,20). The SMILES string of the molecule is Cc1nn(C)c(C)c1CC(=O)Nc1nc(-c2cccs2)cs1. The van der Waals surface area contributed by atoms with Gasteiger partial charge in [-0.1, -0.05) is 6.07 Å². The highest BCUT2D eigenvalue weighted by molar-refractivity contribution is 7.16. The number of hydrogen-bond acceptors (Lipinski definition) is 5. The number of aryl methyl sites for hydroxylation is 2. The lowest BCUT2D eigenvalue weighted by molar-refractivity contribution is -0.115. The number of thiazole rings is 1. The summed E-state index contributed by atoms with van der Waals surface area (Å²) in [6, 6.07) is 4.01. The average molecular weight is 332 g/mol. The summed E-state index contributed by atoms with van der Waals surface area (Å²) in [4.78, 5) is 17.8. The number of anilines is 1. The van der Waals surface area contributed by atoms with Crippen LogP contribution in [0.1, 0.15) is 17.0 Å². The van der Waals surface area contributed by atoms with E-state index >= 15 is 0 Å². The monoisotopic (exact) mass is 332 g/mol. The van der Waals surface area contributed by atoms with Crippen molar-refractivity contribution < 1.29 is 4.79 Å². The first-order valence-electron chi connectivity index (χ1n) is 6.83. The number of aromatic nitrogens is 3. The third kappa shape index (κ3) is 2.95. The number of nitrogens with one attached hydrogen (secondary N) is 1. The van der Waals surface area contributed by atoms with Gasteiger partial charge in [-0.3, -0.25) is 9.48 Å². The van der Waals surface area contributed by atoms with E-state index in [0.29, 0.717) is 11.6 Å². The molecule has 0 radical (unpaired) electrons. The zero-order chi connectivity index (χ0) is 15.7. The minimum absolute atomic E-state index is 0.0636. The van der Waals surface area contributed by atoms with Crippen LogP contribution in [0.2, 0.25) is 0 Å². The maximum atomic E-state index is 12.2. The fourth-order valence-corrected chi connectivity index (χ4v) is 3.75. The van der Waals surface area contributed by atoms with Crippen molar-refractivity contribution in [3.8, 4) is 10.6 Å². The van der Waals surface area contributed by atoms with E-state index in [1.165, 1.54) is 11.3 Å². The second-order valence-electron chi connectivity index (χ2n) is 5.01. The summed E-state index contributed by atoms with van der Waals surface area (Å²) in [5.74, 6) is -0.0636. The Bertz CT molecular complexity index is 802. The maximum Gasteiger partial charge on any atom is 0.230 e. The minimum atomic E-state index is -0.0636. The van der Waals surface area contributed by atoms with Gasteiger partial charge in [-0.25, -0.2) is 4.98 Å². The predicted molar refractivity (Wildman–Crippen MR) is 90.4 cm³/mol. The molecule has 0 aliphatic heterocycles. The summed E-state index contributed by atoms with van der Waals surface area (Å²) in [5, 5.41) is 11.8. The molecule has 22 heavy (non-hydrogen) atoms. The van der Waals surface area contributed by atoms with Crippen LogP contribution in [0.3, 0.4) is 0 Å². The van der Waals surface area contributed by atoms with Gasteiger partial charge in [0, 0.05) is 23.7 Å². The van der Waals surface area contributed by atoms with E-state index in [2.05, 4.69) is 15.4 Å². The highest BCUT2D eigenvalue weighted by Crippen LogP contribution is 2.28. The molecule has 0 bridgehead atoms. The van der Waals surface area contributed by atoms with Gasteiger partial charge in [-0.15, -0.1) is 22.7 Å². The van der Waals surface area contributed by atoms with Crippen molar-refractivity contribution in [2.45, 2.75) is 20.3 Å². The van der Waals surface area contributed by atoms with Gasteiger partial charge in [0.15, 0.2) is 5.13 Å². The number of carbonyl (C=O) groups is 1. The first kappa shape index (κ1) is 14.9. The van der Waals surface area contributed by atoms with Crippen molar-refractivity contribution in [1.29, 1.82) is 0 Å². The zero-order valence-electron chi connectivity index (χ0n) is 12.6. The van der Waals surface area contributed by atoms with Crippen molar-refractivity contribution in [3.63, 3.8) is 0 Å². The third-order valence-electron chi connectivity index (χ3n) is 3.52. The molecule has 0 fully saturated rings. The summed E-state index contributed by atoms with van der Waals surface area (Å²) >= 11 is 3.08. The van der Waals surface area contributed by atoms with Crippen LogP contribution in [-0.4, -0.2) is 20.7 Å². The molecular weight excluding hydrogens is 316 g/mol. The van der Waals surface area contributed by atoms with Crippen molar-refractivity contribution in [2.75, 3.05) is 5.32 Å². The lowest BCUT2D eigenvalue weighted by Crippen LogP contribution is -2.15. The van der Waals surface area contributed by atoms with Gasteiger partial charge >= 0.3 is 0 Å². The van der Waals surface area contributed by atoms with Gasteiger partial charge in [-0.2, -0.15) is 5.10 Å². The van der Waals surface area contributed by atoms with Crippen LogP contribution in [0.4, 0.5) is 5.13 Å². The van der Waals surface area contributed by atoms with E-state index in [9.17, 15) is 4.79 Å². The molecule has 114 valence electrons. The molecule has 0 aromatic carbocycles. The fourth-order valence-electron chi connectivity index (χ4n) is 2.27. The van der Waals surface area contributed by atoms with Crippen LogP contribution >= 0.6 is 22.7 Å². The molecule has 3 rings (SSSR count). The van der Waals surface area contributed by atoms with E-state index in [4.69, 9.17) is 0 Å². The van der Waals surface area contributed by atoms with Crippen molar-refractivity contribution in [1.82, 2.24) is 14.8 Å². The Balaban J connectivity index is 1.70. The van der Waals surface area contributed by atoms with Crippen molar-refractivity contribution in [3.05, 3.63) is 39.8 Å². The van der Waals surface area contributed by atoms with Gasteiger partial charge in [0.25, 0.3) is 0 Å². The summed E-state index contributed by atoms with van der Waals surface area (Å²) in [5.41, 5.74) is 3.80. The molecule has 0 saturated carbocycles. The molecule has 3 aromatic rings. The maximum absolute atomic E-state index is 12.2. The molecule has 1 N–H and O–H groups in total. The molecule has 0 atom stereocenters. The number of carbonyl (C=O) groups excluding carboxylic acids is 1. The van der Waals surface area contributed by atoms with Crippen LogP contribution in [-0.2, 0) is 18.3 Å². The normalized spacial score (nSPS) is 10.9. The van der Waals surface area contributed by atoms with E-state index in [0.717, 1.165) is 27.5 Å². The van der Waals surface area contributed by atoms with E-state index in [1.807, 2.05) is 43.8 Å². The fraction of sp³-hybridized carbons (Fsp3) is 0.267. The van der Waals surface area contributed by atoms with Crippen LogP contribution in [0.25, 0.3) is 10.6 Å². The molecule has 3 aromatic heterocycles. The second-order valence-corrected chi connectivity index (χ2v) is 6.82. The Labute approximate surface area is 136 Å². The second kappa shape index (κ2) is 6.02. The van der Waals surface area contributed by atoms with E-state index < -0.39 is 0 Å². The number of nitrogens with zero attached hydrogens (tertiary/aromatic N) is 3. The lowest BCUT2D eigenvalue weighted by Gasteiger charge is -2.02. The average Bonchev–Trinajstić information content (AvgIpc) is 3.17. The zero-order valence-corrected chi connectivity index (χ0v) is 14.2. The van der Waals surface area contributed by atoms with Crippen molar-refractivity contribution >= 4 is 33.7 Å². The third-order valence-corrected chi connectivity index (χ3v) is 5.17. The summed E-state index contributed by atoms with van der Waals surface area (Å²) < 4.78 is 1.80. The number of amides is 1. The predicted octanol–water partition coefficient (Wildman–Crippen LogP) is 3.40. The van der Waals surface area contributed by atoms with E-state index in [-0.39, 0.29) is 5.91 Å². The molecule has 0 saturated heterocycles. The van der Waals surface area contributed by atoms with Gasteiger partial charge in [0.1, 0.15) is 0 Å². The Morgan fingerprint density at radius 3 is 2.82 bits per heavy atom. The Hall–Kier alpha value is -1.99. The van der Waals surface area contributed by atoms with Gasteiger partial charge < -0.3 is 5.32 Å². The van der Waals surface area contributed by atoms with Crippen LogP contribution < -0.4 is 5.32 Å². The first-order chi connectivity index (χ1) is 10.5. The Morgan fingerprint density at radius 2 is 2.18 bits per heavy atom. The quantitative estimate of drug-likeness (QED) is 0.796. The van der Waals surface area contributed by atoms with Crippen molar-refractivity contribution in [2.24, 2.45) is 7.05 Å². The topological polar surface area (TPSA) is 59.8 Å². The molecular formula is C15H16N4OS2. The number of thiophene rings is 1. The molecule has 7 heteroatoms. The van der Waals surface area contributed by atoms with Crippen LogP contribution in [0.15, 0.2) is 22.9 Å². The van der Waals surface area contributed by atoms with Crippen LogP contribution in [0, 0.1) is 13.8 Å². The highest BCUT2D eigenvalue weighted by atomic mass is 32.1. The molecule has 0 unspecified atom stereocenters. The highest BCUT2D eigenvalue weighted by Gasteiger charge is 2.15. The molecule has 5 nitrogen and oxygen atoms in total. The Kier molecular flexibility index (Phi) is 4.08. The summed E-state index contributed by atoms with van der Waals surface area (Å²) in [6.45, 7) is 3.90. The first-order valence-corrected chi connectivity index (χ1v) is 8.59. The summed E-state index contributed by atoms with van der Waals surface area (Å²) in [7, 11) is 1.89. The number of rotatable bonds is 4. The van der Waals surface area contributed by atoms with Gasteiger partial charge in [0.05, 0.1) is 22.7 Å². The molecule has 3 heterocycles. The number of hydrogen-bond donors (Lipinski definition) is 1. The van der Waals surface area contributed by atoms with Crippen LogP contribution in [0.5, 0.6) is 0 Å². The largest absolute Gasteiger partial charge is 0.302 e. The minimum Gasteiger partial charge on any atom is -0.302 e. The molecule has 1 amide bonds. The molecule has 0 spiro atoms. The molecule has 0 aliphatic carbocycles. The smallest absolute Gasteiger partial charge is 0.230 e. The Morgan fingerprint density at radius 1 is 1.36 bits per heavy atom. The summed E-state index contributed by atoms with van der Waals surface area (Å²) in [6.07, 6.45) is 0.319. The lowest BCUT2D eigenvalue weighted by atomic mass is 10.1. The van der Waals surface area contributed by atoms with Gasteiger partial charge in [0.2, 0.25) is 5.91 Å².